The minimum Gasteiger partial charge on any atom is -0.507 e. The summed E-state index contributed by atoms with van der Waals surface area (Å²) in [5.41, 5.74) is 0.359. The molecule has 1 saturated heterocycles. The molecule has 2 heterocycles. The Morgan fingerprint density at radius 2 is 1.84 bits per heavy atom. The van der Waals surface area contributed by atoms with Crippen LogP contribution in [0.2, 0.25) is 10.0 Å². The van der Waals surface area contributed by atoms with Gasteiger partial charge in [0.1, 0.15) is 5.57 Å². The topological polar surface area (TPSA) is 55.8 Å². The van der Waals surface area contributed by atoms with Gasteiger partial charge in [0.15, 0.2) is 11.4 Å². The van der Waals surface area contributed by atoms with E-state index in [1.54, 1.807) is 12.1 Å². The number of aliphatic hydroxyl groups is 1. The zero-order valence-electron chi connectivity index (χ0n) is 14.0. The molecule has 6 heteroatoms. The summed E-state index contributed by atoms with van der Waals surface area (Å²) in [5, 5.41) is 11.8. The van der Waals surface area contributed by atoms with Crippen LogP contribution in [0.25, 0.3) is 5.57 Å². The number of ether oxygens (including phenoxy) is 2. The van der Waals surface area contributed by atoms with Gasteiger partial charge in [-0.3, -0.25) is 0 Å². The summed E-state index contributed by atoms with van der Waals surface area (Å²) >= 11 is 12.3. The monoisotopic (exact) mass is 382 g/mol. The number of benzene rings is 1. The lowest BCUT2D eigenvalue weighted by Crippen LogP contribution is -2.44. The molecule has 1 N–H and O–H groups in total. The number of aliphatic hydroxyl groups excluding tert-OH is 1. The van der Waals surface area contributed by atoms with Gasteiger partial charge in [-0.25, -0.2) is 4.79 Å². The van der Waals surface area contributed by atoms with E-state index in [0.29, 0.717) is 28.5 Å². The first-order valence-electron chi connectivity index (χ1n) is 8.63. The van der Waals surface area contributed by atoms with Gasteiger partial charge >= 0.3 is 5.97 Å². The fourth-order valence-electron chi connectivity index (χ4n) is 4.44. The number of esters is 1. The summed E-state index contributed by atoms with van der Waals surface area (Å²) < 4.78 is 11.6. The Balaban J connectivity index is 1.71. The van der Waals surface area contributed by atoms with Crippen molar-refractivity contribution in [1.29, 1.82) is 0 Å². The zero-order chi connectivity index (χ0) is 17.8. The largest absolute Gasteiger partial charge is 0.507 e. The second-order valence-corrected chi connectivity index (χ2v) is 8.17. The van der Waals surface area contributed by atoms with Crippen LogP contribution in [0.4, 0.5) is 0 Å². The van der Waals surface area contributed by atoms with Crippen LogP contribution in [0, 0.1) is 6.92 Å². The fourth-order valence-corrected chi connectivity index (χ4v) is 5.13. The second kappa shape index (κ2) is 5.90. The van der Waals surface area contributed by atoms with E-state index < -0.39 is 11.6 Å². The third kappa shape index (κ3) is 2.66. The molecule has 2 spiro atoms. The molecule has 1 saturated carbocycles. The highest BCUT2D eigenvalue weighted by Gasteiger charge is 2.54. The smallest absolute Gasteiger partial charge is 0.343 e. The molecule has 0 unspecified atom stereocenters. The maximum Gasteiger partial charge on any atom is 0.343 e. The van der Waals surface area contributed by atoms with Crippen molar-refractivity contribution in [3.05, 3.63) is 39.1 Å². The van der Waals surface area contributed by atoms with Gasteiger partial charge in [-0.2, -0.15) is 0 Å². The average molecular weight is 383 g/mol. The van der Waals surface area contributed by atoms with Gasteiger partial charge in [0.25, 0.3) is 0 Å². The number of carbonyl (C=O) groups excluding carboxylic acids is 1. The van der Waals surface area contributed by atoms with Crippen molar-refractivity contribution in [2.24, 2.45) is 0 Å². The Labute approximate surface area is 156 Å². The van der Waals surface area contributed by atoms with E-state index in [9.17, 15) is 9.90 Å². The summed E-state index contributed by atoms with van der Waals surface area (Å²) in [4.78, 5) is 12.6. The summed E-state index contributed by atoms with van der Waals surface area (Å²) in [7, 11) is 0. The Bertz CT molecular complexity index is 745. The van der Waals surface area contributed by atoms with E-state index in [1.165, 1.54) is 0 Å². The van der Waals surface area contributed by atoms with Crippen molar-refractivity contribution in [3.8, 4) is 0 Å². The molecule has 0 atom stereocenters. The van der Waals surface area contributed by atoms with E-state index in [1.807, 2.05) is 6.92 Å². The van der Waals surface area contributed by atoms with E-state index in [4.69, 9.17) is 32.7 Å². The Hall–Kier alpha value is -1.23. The number of halogens is 2. The Morgan fingerprint density at radius 3 is 2.44 bits per heavy atom. The zero-order valence-corrected chi connectivity index (χ0v) is 15.5. The van der Waals surface area contributed by atoms with Crippen molar-refractivity contribution in [1.82, 2.24) is 0 Å². The van der Waals surface area contributed by atoms with E-state index in [-0.39, 0.29) is 16.9 Å². The van der Waals surface area contributed by atoms with Crippen LogP contribution in [-0.2, 0) is 14.3 Å². The lowest BCUT2D eigenvalue weighted by atomic mass is 9.73. The molecule has 25 heavy (non-hydrogen) atoms. The predicted molar refractivity (Wildman–Crippen MR) is 96.0 cm³/mol. The molecule has 134 valence electrons. The normalized spacial score (nSPS) is 32.0. The van der Waals surface area contributed by atoms with Crippen molar-refractivity contribution >= 4 is 34.7 Å². The minimum absolute atomic E-state index is 0.00216. The highest BCUT2D eigenvalue weighted by molar-refractivity contribution is 6.37. The van der Waals surface area contributed by atoms with Gasteiger partial charge < -0.3 is 14.6 Å². The van der Waals surface area contributed by atoms with Crippen LogP contribution in [0.15, 0.2) is 17.9 Å². The first-order valence-corrected chi connectivity index (χ1v) is 9.39. The number of rotatable bonds is 1. The highest BCUT2D eigenvalue weighted by atomic mass is 35.5. The van der Waals surface area contributed by atoms with Crippen LogP contribution in [0.5, 0.6) is 0 Å². The average Bonchev–Trinajstić information content (AvgIpc) is 3.09. The molecule has 3 aliphatic rings. The maximum absolute atomic E-state index is 12.6. The predicted octanol–water partition coefficient (Wildman–Crippen LogP) is 4.99. The quantitative estimate of drug-likeness (QED) is 0.695. The molecule has 0 aromatic heterocycles. The van der Waals surface area contributed by atoms with Crippen LogP contribution in [-0.4, -0.2) is 28.9 Å². The van der Waals surface area contributed by atoms with Crippen molar-refractivity contribution in [2.75, 3.05) is 6.61 Å². The lowest BCUT2D eigenvalue weighted by Gasteiger charge is -2.41. The van der Waals surface area contributed by atoms with E-state index in [2.05, 4.69) is 0 Å². The number of aryl methyl sites for hydroxylation is 1. The molecule has 4 nitrogen and oxygen atoms in total. The number of hydrogen-bond acceptors (Lipinski definition) is 4. The van der Waals surface area contributed by atoms with Gasteiger partial charge in [0, 0.05) is 17.2 Å². The van der Waals surface area contributed by atoms with Crippen LogP contribution in [0.3, 0.4) is 0 Å². The van der Waals surface area contributed by atoms with Crippen molar-refractivity contribution in [3.63, 3.8) is 0 Å². The molecule has 0 bridgehead atoms. The van der Waals surface area contributed by atoms with Crippen LogP contribution >= 0.6 is 23.2 Å². The summed E-state index contributed by atoms with van der Waals surface area (Å²) in [6.07, 6.45) is 4.81. The van der Waals surface area contributed by atoms with Crippen molar-refractivity contribution < 1.29 is 19.4 Å². The first-order chi connectivity index (χ1) is 11.9. The standard InChI is InChI=1S/C19H20Cl2O4/c1-11-9-12(20)10-13(21)14(11)15-16(22)19(25-17(15)23)6-4-18(5-7-19)3-2-8-24-18/h9-10,22H,2-8H2,1H3. The molecule has 0 radical (unpaired) electrons. The highest BCUT2D eigenvalue weighted by Crippen LogP contribution is 2.51. The third-order valence-corrected chi connectivity index (χ3v) is 6.33. The van der Waals surface area contributed by atoms with Gasteiger partial charge in [0.05, 0.1) is 10.6 Å². The van der Waals surface area contributed by atoms with Gasteiger partial charge in [-0.15, -0.1) is 0 Å². The summed E-state index contributed by atoms with van der Waals surface area (Å²) in [6.45, 7) is 2.60. The third-order valence-electron chi connectivity index (χ3n) is 5.82. The molecule has 1 aromatic carbocycles. The van der Waals surface area contributed by atoms with Crippen LogP contribution in [0.1, 0.15) is 49.7 Å². The second-order valence-electron chi connectivity index (χ2n) is 7.32. The molecular weight excluding hydrogens is 363 g/mol. The Morgan fingerprint density at radius 1 is 1.12 bits per heavy atom. The van der Waals surface area contributed by atoms with Gasteiger partial charge in [-0.1, -0.05) is 23.2 Å². The van der Waals surface area contributed by atoms with Gasteiger partial charge in [0.2, 0.25) is 0 Å². The van der Waals surface area contributed by atoms with Gasteiger partial charge in [-0.05, 0) is 63.1 Å². The maximum atomic E-state index is 12.6. The molecular formula is C19H20Cl2O4. The molecule has 1 aliphatic carbocycles. The van der Waals surface area contributed by atoms with Crippen molar-refractivity contribution in [2.45, 2.75) is 56.7 Å². The first kappa shape index (κ1) is 17.2. The molecule has 0 amide bonds. The van der Waals surface area contributed by atoms with E-state index in [0.717, 1.165) is 37.9 Å². The SMILES string of the molecule is Cc1cc(Cl)cc(Cl)c1C1=C(O)C2(CCC3(CCCO3)CC2)OC1=O. The molecule has 2 fully saturated rings. The molecule has 1 aromatic rings. The number of hydrogen-bond donors (Lipinski definition) is 1. The Kier molecular flexibility index (Phi) is 4.06. The molecule has 2 aliphatic heterocycles. The van der Waals surface area contributed by atoms with E-state index >= 15 is 0 Å². The minimum atomic E-state index is -0.945. The molecule has 4 rings (SSSR count). The summed E-state index contributed by atoms with van der Waals surface area (Å²) in [6, 6.07) is 3.30. The fraction of sp³-hybridized carbons (Fsp3) is 0.526. The lowest BCUT2D eigenvalue weighted by molar-refractivity contribution is -0.156. The summed E-state index contributed by atoms with van der Waals surface area (Å²) in [5.74, 6) is -0.522. The van der Waals surface area contributed by atoms with Crippen LogP contribution < -0.4 is 0 Å². The number of carbonyl (C=O) groups is 1.